The number of nitrogens with zero attached hydrogens (tertiary/aromatic N) is 1. The second-order valence-electron chi connectivity index (χ2n) is 4.91. The van der Waals surface area contributed by atoms with E-state index in [0.717, 1.165) is 40.3 Å². The molecule has 0 saturated heterocycles. The molecule has 0 spiro atoms. The lowest BCUT2D eigenvalue weighted by Gasteiger charge is -2.09. The van der Waals surface area contributed by atoms with E-state index < -0.39 is 0 Å². The number of hydrogen-bond acceptors (Lipinski definition) is 4. The average molecular weight is 302 g/mol. The van der Waals surface area contributed by atoms with Crippen LogP contribution in [0.1, 0.15) is 44.1 Å². The van der Waals surface area contributed by atoms with E-state index >= 15 is 0 Å². The third-order valence-electron chi connectivity index (χ3n) is 3.58. The minimum atomic E-state index is -0.104. The predicted molar refractivity (Wildman–Crippen MR) is 82.7 cm³/mol. The van der Waals surface area contributed by atoms with E-state index in [1.54, 1.807) is 11.3 Å². The maximum absolute atomic E-state index is 12.3. The minimum absolute atomic E-state index is 0.104. The van der Waals surface area contributed by atoms with Crippen LogP contribution in [0.25, 0.3) is 0 Å². The highest BCUT2D eigenvalue weighted by atomic mass is 32.1. The molecule has 1 aliphatic rings. The van der Waals surface area contributed by atoms with Gasteiger partial charge in [0.2, 0.25) is 0 Å². The number of nitriles is 1. The van der Waals surface area contributed by atoms with Crippen LogP contribution >= 0.6 is 22.7 Å². The first-order chi connectivity index (χ1) is 9.70. The zero-order chi connectivity index (χ0) is 14.1. The quantitative estimate of drug-likeness (QED) is 0.907. The number of carbonyl (C=O) groups is 1. The van der Waals surface area contributed by atoms with Crippen molar-refractivity contribution in [2.24, 2.45) is 0 Å². The summed E-state index contributed by atoms with van der Waals surface area (Å²) in [5.41, 5.74) is 2.81. The Morgan fingerprint density at radius 1 is 1.40 bits per heavy atom. The third kappa shape index (κ3) is 2.26. The molecule has 1 amide bonds. The monoisotopic (exact) mass is 302 g/mol. The SMILES string of the molecule is Cc1ccsc1C(=O)Nc1sc2c(c1C#N)CCCC2. The van der Waals surface area contributed by atoms with E-state index in [4.69, 9.17) is 0 Å². The van der Waals surface area contributed by atoms with E-state index in [9.17, 15) is 10.1 Å². The molecular weight excluding hydrogens is 288 g/mol. The number of thiophene rings is 2. The number of carbonyl (C=O) groups excluding carboxylic acids is 1. The van der Waals surface area contributed by atoms with Gasteiger partial charge in [-0.3, -0.25) is 4.79 Å². The van der Waals surface area contributed by atoms with Crippen molar-refractivity contribution in [2.75, 3.05) is 5.32 Å². The van der Waals surface area contributed by atoms with Gasteiger partial charge in [-0.1, -0.05) is 0 Å². The molecule has 1 aliphatic carbocycles. The number of aryl methyl sites for hydroxylation is 2. The second-order valence-corrected chi connectivity index (χ2v) is 6.93. The molecule has 3 rings (SSSR count). The highest BCUT2D eigenvalue weighted by Gasteiger charge is 2.22. The van der Waals surface area contributed by atoms with Crippen molar-refractivity contribution < 1.29 is 4.79 Å². The summed E-state index contributed by atoms with van der Waals surface area (Å²) in [4.78, 5) is 14.3. The van der Waals surface area contributed by atoms with E-state index in [1.165, 1.54) is 22.6 Å². The number of hydrogen-bond donors (Lipinski definition) is 1. The van der Waals surface area contributed by atoms with Gasteiger partial charge in [-0.25, -0.2) is 0 Å². The summed E-state index contributed by atoms with van der Waals surface area (Å²) in [5, 5.41) is 14.9. The zero-order valence-electron chi connectivity index (χ0n) is 11.2. The van der Waals surface area contributed by atoms with Gasteiger partial charge in [0.1, 0.15) is 11.1 Å². The summed E-state index contributed by atoms with van der Waals surface area (Å²) in [7, 11) is 0. The fourth-order valence-electron chi connectivity index (χ4n) is 2.54. The molecule has 20 heavy (non-hydrogen) atoms. The van der Waals surface area contributed by atoms with Crippen LogP contribution in [-0.4, -0.2) is 5.91 Å². The Kier molecular flexibility index (Phi) is 3.60. The lowest BCUT2D eigenvalue weighted by atomic mass is 9.96. The van der Waals surface area contributed by atoms with Crippen molar-refractivity contribution >= 4 is 33.6 Å². The smallest absolute Gasteiger partial charge is 0.266 e. The average Bonchev–Trinajstić information content (AvgIpc) is 3.01. The van der Waals surface area contributed by atoms with Gasteiger partial charge >= 0.3 is 0 Å². The Balaban J connectivity index is 1.92. The second kappa shape index (κ2) is 5.39. The maximum atomic E-state index is 12.3. The van der Waals surface area contributed by atoms with Gasteiger partial charge in [-0.15, -0.1) is 22.7 Å². The lowest BCUT2D eigenvalue weighted by Crippen LogP contribution is -2.11. The summed E-state index contributed by atoms with van der Waals surface area (Å²) < 4.78 is 0. The van der Waals surface area contributed by atoms with Crippen LogP contribution in [0.5, 0.6) is 0 Å². The van der Waals surface area contributed by atoms with Crippen LogP contribution in [0.2, 0.25) is 0 Å². The Labute approximate surface area is 125 Å². The molecule has 5 heteroatoms. The Bertz CT molecular complexity index is 706. The van der Waals surface area contributed by atoms with Crippen LogP contribution in [0.4, 0.5) is 5.00 Å². The topological polar surface area (TPSA) is 52.9 Å². The van der Waals surface area contributed by atoms with Crippen molar-refractivity contribution in [3.63, 3.8) is 0 Å². The number of amides is 1. The van der Waals surface area contributed by atoms with Gasteiger partial charge in [-0.05, 0) is 55.2 Å². The van der Waals surface area contributed by atoms with E-state index in [0.29, 0.717) is 5.56 Å². The number of anilines is 1. The minimum Gasteiger partial charge on any atom is -0.312 e. The maximum Gasteiger partial charge on any atom is 0.266 e. The number of rotatable bonds is 2. The third-order valence-corrected chi connectivity index (χ3v) is 5.80. The molecule has 0 unspecified atom stereocenters. The summed E-state index contributed by atoms with van der Waals surface area (Å²) >= 11 is 3.00. The summed E-state index contributed by atoms with van der Waals surface area (Å²) in [6, 6.07) is 4.20. The van der Waals surface area contributed by atoms with Crippen molar-refractivity contribution in [1.29, 1.82) is 5.26 Å². The first-order valence-electron chi connectivity index (χ1n) is 6.60. The molecule has 0 aliphatic heterocycles. The number of fused-ring (bicyclic) bond motifs is 1. The molecule has 2 aromatic heterocycles. The summed E-state index contributed by atoms with van der Waals surface area (Å²) in [6.07, 6.45) is 4.30. The fraction of sp³-hybridized carbons (Fsp3) is 0.333. The molecule has 0 saturated carbocycles. The molecule has 2 aromatic rings. The molecule has 102 valence electrons. The van der Waals surface area contributed by atoms with Gasteiger partial charge in [-0.2, -0.15) is 5.26 Å². The van der Waals surface area contributed by atoms with Crippen LogP contribution in [-0.2, 0) is 12.8 Å². The molecule has 3 nitrogen and oxygen atoms in total. The molecule has 0 atom stereocenters. The normalized spacial score (nSPS) is 13.6. The van der Waals surface area contributed by atoms with Gasteiger partial charge < -0.3 is 5.32 Å². The molecule has 0 bridgehead atoms. The Morgan fingerprint density at radius 2 is 2.20 bits per heavy atom. The van der Waals surface area contributed by atoms with Gasteiger partial charge in [0.15, 0.2) is 0 Å². The van der Waals surface area contributed by atoms with Crippen molar-refractivity contribution in [3.8, 4) is 6.07 Å². The van der Waals surface area contributed by atoms with E-state index in [1.807, 2.05) is 18.4 Å². The molecule has 0 fully saturated rings. The van der Waals surface area contributed by atoms with Crippen LogP contribution < -0.4 is 5.32 Å². The molecular formula is C15H14N2OS2. The molecule has 0 radical (unpaired) electrons. The van der Waals surface area contributed by atoms with Crippen LogP contribution in [0.3, 0.4) is 0 Å². The van der Waals surface area contributed by atoms with Gasteiger partial charge in [0, 0.05) is 4.88 Å². The first kappa shape index (κ1) is 13.3. The largest absolute Gasteiger partial charge is 0.312 e. The summed E-state index contributed by atoms with van der Waals surface area (Å²) in [6.45, 7) is 1.93. The fourth-order valence-corrected chi connectivity index (χ4v) is 4.59. The molecule has 1 N–H and O–H groups in total. The summed E-state index contributed by atoms with van der Waals surface area (Å²) in [5.74, 6) is -0.104. The lowest BCUT2D eigenvalue weighted by molar-refractivity contribution is 0.103. The molecule has 2 heterocycles. The zero-order valence-corrected chi connectivity index (χ0v) is 12.8. The van der Waals surface area contributed by atoms with E-state index in [2.05, 4.69) is 11.4 Å². The van der Waals surface area contributed by atoms with E-state index in [-0.39, 0.29) is 5.91 Å². The molecule has 0 aromatic carbocycles. The van der Waals surface area contributed by atoms with Gasteiger partial charge in [0.25, 0.3) is 5.91 Å². The van der Waals surface area contributed by atoms with Crippen molar-refractivity contribution in [1.82, 2.24) is 0 Å². The van der Waals surface area contributed by atoms with Crippen molar-refractivity contribution in [3.05, 3.63) is 37.9 Å². The highest BCUT2D eigenvalue weighted by molar-refractivity contribution is 7.17. The van der Waals surface area contributed by atoms with Crippen molar-refractivity contribution in [2.45, 2.75) is 32.6 Å². The Morgan fingerprint density at radius 3 is 2.90 bits per heavy atom. The van der Waals surface area contributed by atoms with Crippen LogP contribution in [0, 0.1) is 18.3 Å². The first-order valence-corrected chi connectivity index (χ1v) is 8.30. The highest BCUT2D eigenvalue weighted by Crippen LogP contribution is 2.38. The van der Waals surface area contributed by atoms with Crippen LogP contribution in [0.15, 0.2) is 11.4 Å². The van der Waals surface area contributed by atoms with Gasteiger partial charge in [0.05, 0.1) is 10.4 Å². The standard InChI is InChI=1S/C15H14N2OS2/c1-9-6-7-19-13(9)14(18)17-15-11(8-16)10-4-2-3-5-12(10)20-15/h6-7H,2-5H2,1H3,(H,17,18). The number of nitrogens with one attached hydrogen (secondary N) is 1. The Hall–Kier alpha value is -1.64. The predicted octanol–water partition coefficient (Wildman–Crippen LogP) is 4.12.